The van der Waals surface area contributed by atoms with E-state index in [1.165, 1.54) is 0 Å². The first-order valence-corrected chi connectivity index (χ1v) is 4.93. The third-order valence-corrected chi connectivity index (χ3v) is 0. The van der Waals surface area contributed by atoms with E-state index in [2.05, 4.69) is 0 Å². The van der Waals surface area contributed by atoms with Crippen molar-refractivity contribution in [1.82, 2.24) is 0 Å². The molecule has 0 aromatic heterocycles. The molecule has 39 heavy (non-hydrogen) atoms. The predicted octanol–water partition coefficient (Wildman–Crippen LogP) is -2.16. The summed E-state index contributed by atoms with van der Waals surface area (Å²) < 4.78 is 0. The van der Waals surface area contributed by atoms with Crippen LogP contribution in [0.15, 0.2) is 0 Å². The third kappa shape index (κ3) is 1690. The minimum absolute atomic E-state index is 0. The zero-order chi connectivity index (χ0) is 32.2. The van der Waals surface area contributed by atoms with Crippen LogP contribution in [0.25, 0.3) is 0 Å². The minimum Gasteiger partial charge on any atom is -0.356 e. The van der Waals surface area contributed by atoms with Crippen LogP contribution in [0.5, 0.6) is 0 Å². The van der Waals surface area contributed by atoms with Crippen molar-refractivity contribution in [3.05, 3.63) is 138 Å². The summed E-state index contributed by atoms with van der Waals surface area (Å²) in [7, 11) is 0. The Morgan fingerprint density at radius 1 is 0.231 bits per heavy atom. The summed E-state index contributed by atoms with van der Waals surface area (Å²) in [5.41, 5.74) is 0. The molecular formula is CeN9NiO27Zr. The molecule has 0 aliphatic rings. The van der Waals surface area contributed by atoms with Gasteiger partial charge < -0.3 is 138 Å². The number of nitrogens with zero attached hydrogens (tertiary/aromatic N) is 9. The predicted molar refractivity (Wildman–Crippen MR) is 93.3 cm³/mol. The Labute approximate surface area is 266 Å². The molecule has 0 spiro atoms. The van der Waals surface area contributed by atoms with Crippen LogP contribution in [-0.4, -0.2) is 45.8 Å². The van der Waals surface area contributed by atoms with Gasteiger partial charge in [0.05, 0.1) is 45.8 Å². The fourth-order valence-electron chi connectivity index (χ4n) is 0. The van der Waals surface area contributed by atoms with E-state index in [1.807, 2.05) is 0 Å². The van der Waals surface area contributed by atoms with E-state index in [0.717, 1.165) is 0 Å². The van der Waals surface area contributed by atoms with Crippen molar-refractivity contribution in [3.63, 3.8) is 0 Å². The van der Waals surface area contributed by atoms with E-state index >= 15 is 0 Å². The van der Waals surface area contributed by atoms with Crippen molar-refractivity contribution in [2.24, 2.45) is 0 Å². The van der Waals surface area contributed by atoms with Gasteiger partial charge in [0, 0.05) is 0 Å². The van der Waals surface area contributed by atoms with E-state index in [-0.39, 0.29) is 84.4 Å². The van der Waals surface area contributed by atoms with E-state index in [1.54, 1.807) is 0 Å². The molecule has 0 rings (SSSR count). The van der Waals surface area contributed by atoms with Gasteiger partial charge in [0.15, 0.2) is 0 Å². The standard InChI is InChI=1S/Ce.9NO3.Ni.Zr/c;9*2-1(3)4;;/q+3;9*-1;+2;+4. The summed E-state index contributed by atoms with van der Waals surface area (Å²) >= 11 is 0. The quantitative estimate of drug-likeness (QED) is 0.142. The molecule has 0 fully saturated rings. The van der Waals surface area contributed by atoms with Crippen LogP contribution in [0, 0.1) is 180 Å². The number of hydrogen-bond donors (Lipinski definition) is 0. The van der Waals surface area contributed by atoms with Crippen molar-refractivity contribution in [1.29, 1.82) is 0 Å². The third-order valence-electron chi connectivity index (χ3n) is 0. The topological polar surface area (TPSA) is 596 Å². The SMILES string of the molecule is O=[N+]([O-])[O-].O=[N+]([O-])[O-].O=[N+]([O-])[O-].O=[N+]([O-])[O-].O=[N+]([O-])[O-].O=[N+]([O-])[O-].O=[N+]([O-])[O-].O=[N+]([O-])[O-].O=[N+]([O-])[O-].[Ce+3].[Ni+2].[Zr+4]. The van der Waals surface area contributed by atoms with Gasteiger partial charge in [-0.15, -0.1) is 0 Å². The van der Waals surface area contributed by atoms with Gasteiger partial charge in [-0.2, -0.15) is 0 Å². The van der Waals surface area contributed by atoms with Gasteiger partial charge in [-0.3, -0.25) is 0 Å². The molecule has 225 valence electrons. The Kier molecular flexibility index (Phi) is 137. The van der Waals surface area contributed by atoms with Crippen LogP contribution in [0.2, 0.25) is 0 Å². The van der Waals surface area contributed by atoms with Gasteiger partial charge in [-0.05, 0) is 0 Å². The second-order valence-electron chi connectivity index (χ2n) is 2.01. The molecule has 0 unspecified atom stereocenters. The van der Waals surface area contributed by atoms with E-state index in [4.69, 9.17) is 138 Å². The van der Waals surface area contributed by atoms with Gasteiger partial charge in [-0.25, -0.2) is 0 Å². The largest absolute Gasteiger partial charge is 4.00 e. The van der Waals surface area contributed by atoms with Crippen molar-refractivity contribution >= 4 is 0 Å². The summed E-state index contributed by atoms with van der Waals surface area (Å²) in [4.78, 5) is 74.2. The summed E-state index contributed by atoms with van der Waals surface area (Å²) in [6.45, 7) is 0. The van der Waals surface area contributed by atoms with Crippen LogP contribution in [0.3, 0.4) is 0 Å². The first-order valence-electron chi connectivity index (χ1n) is 4.93. The molecule has 1 radical (unpaired) electrons. The summed E-state index contributed by atoms with van der Waals surface area (Å²) in [6.07, 6.45) is 0. The summed E-state index contributed by atoms with van der Waals surface area (Å²) in [5, 5.41) is 133. The summed E-state index contributed by atoms with van der Waals surface area (Å²) in [6, 6.07) is 0. The van der Waals surface area contributed by atoms with Crippen LogP contribution in [-0.2, 0) is 42.7 Å². The van der Waals surface area contributed by atoms with Gasteiger partial charge in [-0.1, -0.05) is 0 Å². The number of hydrogen-bond acceptors (Lipinski definition) is 27. The smallest absolute Gasteiger partial charge is 0.356 e. The molecule has 0 saturated carbocycles. The maximum atomic E-state index is 8.25. The van der Waals surface area contributed by atoms with Gasteiger partial charge in [0.25, 0.3) is 0 Å². The molecule has 0 saturated heterocycles. The second-order valence-corrected chi connectivity index (χ2v) is 2.01. The zero-order valence-corrected chi connectivity index (χ0v) is 22.9. The Hall–Kier alpha value is -4.45. The average Bonchev–Trinajstić information content (AvgIpc) is 2.39. The minimum atomic E-state index is -1.75. The Bertz CT molecular complexity index is 428. The van der Waals surface area contributed by atoms with Crippen LogP contribution >= 0.6 is 0 Å². The maximum absolute atomic E-state index is 8.25. The molecule has 0 aromatic carbocycles. The normalized spacial score (nSPS) is 5.54. The fraction of sp³-hybridized carbons (Fsp3) is 0. The van der Waals surface area contributed by atoms with Gasteiger partial charge >= 0.3 is 84.4 Å². The van der Waals surface area contributed by atoms with Gasteiger partial charge in [0.1, 0.15) is 0 Å². The van der Waals surface area contributed by atoms with Crippen molar-refractivity contribution in [2.45, 2.75) is 0 Å². The van der Waals surface area contributed by atoms with Crippen molar-refractivity contribution in [2.75, 3.05) is 0 Å². The van der Waals surface area contributed by atoms with Crippen LogP contribution in [0.1, 0.15) is 0 Å². The molecule has 0 amide bonds. The van der Waals surface area contributed by atoms with E-state index < -0.39 is 45.8 Å². The molecule has 0 aliphatic heterocycles. The molecule has 0 aromatic rings. The van der Waals surface area contributed by atoms with Crippen LogP contribution < -0.4 is 0 Å². The molecular weight excluding hydrogens is 848 g/mol. The molecule has 36 nitrogen and oxygen atoms in total. The fourth-order valence-corrected chi connectivity index (χ4v) is 0. The molecule has 0 bridgehead atoms. The van der Waals surface area contributed by atoms with Gasteiger partial charge in [0.2, 0.25) is 0 Å². The van der Waals surface area contributed by atoms with Crippen molar-refractivity contribution < 1.29 is 130 Å². The Balaban J connectivity index is -0.0000000208. The molecule has 0 atom stereocenters. The van der Waals surface area contributed by atoms with E-state index in [0.29, 0.717) is 0 Å². The molecule has 0 heterocycles. The zero-order valence-electron chi connectivity index (χ0n) is 16.4. The number of rotatable bonds is 0. The average molecular weight is 848 g/mol. The van der Waals surface area contributed by atoms with Crippen molar-refractivity contribution in [3.8, 4) is 0 Å². The first-order chi connectivity index (χ1) is 15.6. The second kappa shape index (κ2) is 69.9. The first kappa shape index (κ1) is 76.5. The monoisotopic (exact) mass is 846 g/mol. The Morgan fingerprint density at radius 3 is 0.231 bits per heavy atom. The summed E-state index contributed by atoms with van der Waals surface area (Å²) in [5.74, 6) is 0. The molecule has 0 N–H and O–H groups in total. The Morgan fingerprint density at radius 2 is 0.231 bits per heavy atom. The molecule has 0 aliphatic carbocycles. The maximum Gasteiger partial charge on any atom is 4.00 e. The molecule has 39 heteroatoms. The van der Waals surface area contributed by atoms with E-state index in [9.17, 15) is 0 Å². The van der Waals surface area contributed by atoms with Crippen LogP contribution in [0.4, 0.5) is 0 Å².